The first kappa shape index (κ1) is 31.4. The molecular weight excluding hydrogens is 557 g/mol. The number of halogens is 7. The SMILES string of the molecule is CCCCCCc1ccc(CCc2ccc3c(F)c(CCc4cc(F)c(OCC(F)(F)F)c(F)c4)ccc3c2)c(F)c1. The van der Waals surface area contributed by atoms with E-state index in [0.29, 0.717) is 34.7 Å². The zero-order chi connectivity index (χ0) is 30.3. The third-order valence-corrected chi connectivity index (χ3v) is 7.34. The molecule has 4 rings (SSSR count). The summed E-state index contributed by atoms with van der Waals surface area (Å²) >= 11 is 0. The average Bonchev–Trinajstić information content (AvgIpc) is 2.93. The van der Waals surface area contributed by atoms with Gasteiger partial charge in [0.05, 0.1) is 0 Å². The van der Waals surface area contributed by atoms with Crippen molar-refractivity contribution >= 4 is 10.8 Å². The Morgan fingerprint density at radius 2 is 1.21 bits per heavy atom. The Bertz CT molecular complexity index is 1490. The molecule has 0 saturated heterocycles. The highest BCUT2D eigenvalue weighted by molar-refractivity contribution is 5.84. The smallest absolute Gasteiger partial charge is 0.422 e. The van der Waals surface area contributed by atoms with Crippen molar-refractivity contribution in [3.8, 4) is 5.75 Å². The fraction of sp³-hybridized carbons (Fsp3) is 0.353. The van der Waals surface area contributed by atoms with E-state index >= 15 is 4.39 Å². The quantitative estimate of drug-likeness (QED) is 0.111. The Balaban J connectivity index is 1.37. The van der Waals surface area contributed by atoms with Gasteiger partial charge in [0, 0.05) is 5.39 Å². The highest BCUT2D eigenvalue weighted by Crippen LogP contribution is 2.28. The molecule has 42 heavy (non-hydrogen) atoms. The number of fused-ring (bicyclic) bond motifs is 1. The molecule has 4 aromatic carbocycles. The maximum absolute atomic E-state index is 15.3. The molecule has 1 nitrogen and oxygen atoms in total. The first-order valence-corrected chi connectivity index (χ1v) is 14.2. The lowest BCUT2D eigenvalue weighted by molar-refractivity contribution is -0.154. The van der Waals surface area contributed by atoms with Gasteiger partial charge in [-0.3, -0.25) is 0 Å². The van der Waals surface area contributed by atoms with E-state index in [0.717, 1.165) is 48.9 Å². The number of rotatable bonds is 13. The highest BCUT2D eigenvalue weighted by Gasteiger charge is 2.30. The molecule has 0 unspecified atom stereocenters. The fourth-order valence-corrected chi connectivity index (χ4v) is 5.05. The lowest BCUT2D eigenvalue weighted by Crippen LogP contribution is -2.20. The van der Waals surface area contributed by atoms with Gasteiger partial charge >= 0.3 is 6.18 Å². The highest BCUT2D eigenvalue weighted by atomic mass is 19.4. The number of aryl methyl sites for hydroxylation is 5. The van der Waals surface area contributed by atoms with Crippen LogP contribution in [0.25, 0.3) is 10.8 Å². The number of ether oxygens (including phenoxy) is 1. The molecule has 224 valence electrons. The Morgan fingerprint density at radius 1 is 0.595 bits per heavy atom. The Kier molecular flexibility index (Phi) is 10.5. The van der Waals surface area contributed by atoms with Gasteiger partial charge in [-0.15, -0.1) is 0 Å². The predicted octanol–water partition coefficient (Wildman–Crippen LogP) is 10.0. The number of benzene rings is 4. The molecule has 0 spiro atoms. The largest absolute Gasteiger partial charge is 0.478 e. The maximum Gasteiger partial charge on any atom is 0.422 e. The maximum atomic E-state index is 15.3. The Hall–Kier alpha value is -3.55. The summed E-state index contributed by atoms with van der Waals surface area (Å²) in [7, 11) is 0. The van der Waals surface area contributed by atoms with E-state index in [-0.39, 0.29) is 24.2 Å². The van der Waals surface area contributed by atoms with E-state index in [1.807, 2.05) is 18.2 Å². The number of hydrogen-bond donors (Lipinski definition) is 0. The second kappa shape index (κ2) is 14.1. The summed E-state index contributed by atoms with van der Waals surface area (Å²) in [6.07, 6.45) is 1.97. The van der Waals surface area contributed by atoms with Crippen LogP contribution in [-0.2, 0) is 32.1 Å². The van der Waals surface area contributed by atoms with Crippen molar-refractivity contribution in [2.24, 2.45) is 0 Å². The molecule has 0 fully saturated rings. The monoisotopic (exact) mass is 590 g/mol. The van der Waals surface area contributed by atoms with Crippen molar-refractivity contribution in [2.75, 3.05) is 6.61 Å². The van der Waals surface area contributed by atoms with Crippen molar-refractivity contribution in [3.05, 3.63) is 112 Å². The molecular formula is C34H33F7O. The molecule has 0 atom stereocenters. The summed E-state index contributed by atoms with van der Waals surface area (Å²) < 4.78 is 99.6. The van der Waals surface area contributed by atoms with Crippen LogP contribution in [0.3, 0.4) is 0 Å². The van der Waals surface area contributed by atoms with Gasteiger partial charge in [0.2, 0.25) is 0 Å². The minimum Gasteiger partial charge on any atom is -0.478 e. The van der Waals surface area contributed by atoms with Gasteiger partial charge in [0.1, 0.15) is 11.6 Å². The van der Waals surface area contributed by atoms with Crippen LogP contribution in [0.1, 0.15) is 60.4 Å². The molecule has 0 amide bonds. The van der Waals surface area contributed by atoms with Gasteiger partial charge in [0.25, 0.3) is 0 Å². The van der Waals surface area contributed by atoms with Crippen LogP contribution >= 0.6 is 0 Å². The van der Waals surface area contributed by atoms with Crippen LogP contribution in [0.15, 0.2) is 60.7 Å². The summed E-state index contributed by atoms with van der Waals surface area (Å²) in [6.45, 7) is 0.345. The first-order valence-electron chi connectivity index (χ1n) is 14.2. The third-order valence-electron chi connectivity index (χ3n) is 7.34. The molecule has 4 aromatic rings. The van der Waals surface area contributed by atoms with E-state index in [1.54, 1.807) is 30.3 Å². The van der Waals surface area contributed by atoms with Crippen molar-refractivity contribution in [2.45, 2.75) is 70.9 Å². The number of alkyl halides is 3. The second-order valence-electron chi connectivity index (χ2n) is 10.6. The van der Waals surface area contributed by atoms with Crippen molar-refractivity contribution in [1.82, 2.24) is 0 Å². The van der Waals surface area contributed by atoms with E-state index in [1.165, 1.54) is 6.42 Å². The summed E-state index contributed by atoms with van der Waals surface area (Å²) in [5, 5.41) is 1.07. The Labute approximate surface area is 241 Å². The van der Waals surface area contributed by atoms with Gasteiger partial charge in [0.15, 0.2) is 24.0 Å². The topological polar surface area (TPSA) is 9.23 Å². The van der Waals surface area contributed by atoms with Crippen molar-refractivity contribution < 1.29 is 35.5 Å². The van der Waals surface area contributed by atoms with Crippen LogP contribution in [0.4, 0.5) is 30.7 Å². The molecule has 0 N–H and O–H groups in total. The van der Waals surface area contributed by atoms with Gasteiger partial charge in [-0.1, -0.05) is 68.7 Å². The fourth-order valence-electron chi connectivity index (χ4n) is 5.05. The minimum atomic E-state index is -4.73. The summed E-state index contributed by atoms with van der Waals surface area (Å²) in [6, 6.07) is 16.0. The summed E-state index contributed by atoms with van der Waals surface area (Å²) in [4.78, 5) is 0. The van der Waals surface area contributed by atoms with Crippen LogP contribution in [0.5, 0.6) is 5.75 Å². The van der Waals surface area contributed by atoms with E-state index in [9.17, 15) is 26.3 Å². The van der Waals surface area contributed by atoms with Crippen LogP contribution in [-0.4, -0.2) is 12.8 Å². The molecule has 0 aliphatic carbocycles. The zero-order valence-corrected chi connectivity index (χ0v) is 23.4. The van der Waals surface area contributed by atoms with Gasteiger partial charge < -0.3 is 4.74 Å². The molecule has 0 heterocycles. The van der Waals surface area contributed by atoms with E-state index in [4.69, 9.17) is 0 Å². The summed E-state index contributed by atoms with van der Waals surface area (Å²) in [5.74, 6) is -4.26. The predicted molar refractivity (Wildman–Crippen MR) is 151 cm³/mol. The lowest BCUT2D eigenvalue weighted by Gasteiger charge is -2.12. The standard InChI is InChI=1S/C34H33F7O/c1-2-3-4-5-6-22-7-11-25(29(35)18-22)12-8-23-10-16-28-27(17-23)15-14-26(32(28)38)13-9-24-19-30(36)33(31(37)20-24)42-21-34(39,40)41/h7,10-11,14-20H,2-6,8-9,12-13,21H2,1H3. The molecule has 0 saturated carbocycles. The third kappa shape index (κ3) is 8.49. The molecule has 0 aliphatic heterocycles. The minimum absolute atomic E-state index is 0.0665. The van der Waals surface area contributed by atoms with E-state index in [2.05, 4.69) is 11.7 Å². The van der Waals surface area contributed by atoms with Crippen LogP contribution in [0, 0.1) is 23.3 Å². The van der Waals surface area contributed by atoms with E-state index < -0.39 is 36.0 Å². The zero-order valence-electron chi connectivity index (χ0n) is 23.4. The van der Waals surface area contributed by atoms with Crippen molar-refractivity contribution in [3.63, 3.8) is 0 Å². The molecule has 0 radical (unpaired) electrons. The molecule has 0 aliphatic rings. The number of hydrogen-bond acceptors (Lipinski definition) is 1. The van der Waals surface area contributed by atoms with Crippen LogP contribution in [0.2, 0.25) is 0 Å². The normalized spacial score (nSPS) is 11.8. The van der Waals surface area contributed by atoms with Gasteiger partial charge in [-0.05, 0) is 89.9 Å². The van der Waals surface area contributed by atoms with Crippen molar-refractivity contribution in [1.29, 1.82) is 0 Å². The summed E-state index contributed by atoms with van der Waals surface area (Å²) in [5.41, 5.74) is 3.09. The Morgan fingerprint density at radius 3 is 1.90 bits per heavy atom. The average molecular weight is 591 g/mol. The van der Waals surface area contributed by atoms with Crippen LogP contribution < -0.4 is 4.74 Å². The first-order chi connectivity index (χ1) is 20.0. The lowest BCUT2D eigenvalue weighted by atomic mass is 9.96. The molecule has 0 aromatic heterocycles. The molecule has 8 heteroatoms. The van der Waals surface area contributed by atoms with Gasteiger partial charge in [-0.2, -0.15) is 13.2 Å². The second-order valence-corrected chi connectivity index (χ2v) is 10.6. The number of unbranched alkanes of at least 4 members (excludes halogenated alkanes) is 3. The van der Waals surface area contributed by atoms with Gasteiger partial charge in [-0.25, -0.2) is 17.6 Å². The molecule has 0 bridgehead atoms.